The van der Waals surface area contributed by atoms with Crippen molar-refractivity contribution in [1.29, 1.82) is 0 Å². The van der Waals surface area contributed by atoms with E-state index in [-0.39, 0.29) is 0 Å². The van der Waals surface area contributed by atoms with E-state index in [1.54, 1.807) is 0 Å². The van der Waals surface area contributed by atoms with Crippen molar-refractivity contribution >= 4 is 0 Å². The summed E-state index contributed by atoms with van der Waals surface area (Å²) >= 11 is 0. The lowest BCUT2D eigenvalue weighted by molar-refractivity contribution is 0.853. The molecule has 1 nitrogen and oxygen atoms in total. The van der Waals surface area contributed by atoms with Crippen LogP contribution in [-0.2, 0) is 0 Å². The molecule has 0 fully saturated rings. The zero-order chi connectivity index (χ0) is 6.95. The fraction of sp³-hybridized carbons (Fsp3) is 0.500. The van der Waals surface area contributed by atoms with E-state index in [0.717, 1.165) is 25.8 Å². The molecule has 0 aromatic heterocycles. The minimum absolute atomic E-state index is 0.790. The third kappa shape index (κ3) is 7.44. The summed E-state index contributed by atoms with van der Waals surface area (Å²) in [5.74, 6) is 0. The lowest BCUT2D eigenvalue weighted by atomic mass is 10.2. The van der Waals surface area contributed by atoms with E-state index in [9.17, 15) is 0 Å². The second-order valence-corrected chi connectivity index (χ2v) is 1.93. The Labute approximate surface area is 57.3 Å². The Bertz CT molecular complexity index is 84.6. The van der Waals surface area contributed by atoms with Crippen LogP contribution >= 0.6 is 0 Å². The Morgan fingerprint density at radius 1 is 1.33 bits per heavy atom. The summed E-state index contributed by atoms with van der Waals surface area (Å²) in [6.45, 7) is 4.39. The summed E-state index contributed by atoms with van der Waals surface area (Å²) in [6.07, 6.45) is 9.32. The van der Waals surface area contributed by atoms with Gasteiger partial charge in [-0.15, -0.1) is 6.58 Å². The zero-order valence-corrected chi connectivity index (χ0v) is 5.84. The molecule has 1 heteroatoms. The summed E-state index contributed by atoms with van der Waals surface area (Å²) in [4.78, 5) is 0. The highest BCUT2D eigenvalue weighted by Crippen LogP contribution is 1.90. The molecule has 0 unspecified atom stereocenters. The predicted molar refractivity (Wildman–Crippen MR) is 42.2 cm³/mol. The summed E-state index contributed by atoms with van der Waals surface area (Å²) in [5.41, 5.74) is 5.29. The SMILES string of the molecule is C=CCC=CCCCN. The number of unbranched alkanes of at least 4 members (excludes halogenated alkanes) is 1. The lowest BCUT2D eigenvalue weighted by Gasteiger charge is -1.86. The van der Waals surface area contributed by atoms with E-state index in [1.807, 2.05) is 6.08 Å². The molecule has 0 saturated heterocycles. The molecule has 0 aliphatic heterocycles. The van der Waals surface area contributed by atoms with Gasteiger partial charge in [-0.2, -0.15) is 0 Å². The van der Waals surface area contributed by atoms with Crippen LogP contribution < -0.4 is 5.73 Å². The molecule has 0 aliphatic rings. The maximum absolute atomic E-state index is 5.29. The lowest BCUT2D eigenvalue weighted by Crippen LogP contribution is -1.96. The third-order valence-electron chi connectivity index (χ3n) is 1.04. The van der Waals surface area contributed by atoms with Crippen molar-refractivity contribution in [3.05, 3.63) is 24.8 Å². The van der Waals surface area contributed by atoms with Crippen LogP contribution in [0, 0.1) is 0 Å². The Morgan fingerprint density at radius 3 is 2.67 bits per heavy atom. The molecule has 0 heterocycles. The number of hydrogen-bond acceptors (Lipinski definition) is 1. The monoisotopic (exact) mass is 125 g/mol. The molecular weight excluding hydrogens is 110 g/mol. The van der Waals surface area contributed by atoms with Gasteiger partial charge in [0, 0.05) is 0 Å². The molecule has 0 aromatic carbocycles. The zero-order valence-electron chi connectivity index (χ0n) is 5.84. The van der Waals surface area contributed by atoms with Crippen LogP contribution in [-0.4, -0.2) is 6.54 Å². The molecule has 0 amide bonds. The van der Waals surface area contributed by atoms with Crippen LogP contribution in [0.1, 0.15) is 19.3 Å². The van der Waals surface area contributed by atoms with Crippen molar-refractivity contribution in [2.45, 2.75) is 19.3 Å². The van der Waals surface area contributed by atoms with E-state index >= 15 is 0 Å². The van der Waals surface area contributed by atoms with Crippen molar-refractivity contribution in [3.63, 3.8) is 0 Å². The molecular formula is C8H15N. The summed E-state index contributed by atoms with van der Waals surface area (Å²) in [6, 6.07) is 0. The van der Waals surface area contributed by atoms with Gasteiger partial charge < -0.3 is 5.73 Å². The van der Waals surface area contributed by atoms with Crippen LogP contribution in [0.4, 0.5) is 0 Å². The molecule has 0 rings (SSSR count). The Kier molecular flexibility index (Phi) is 6.98. The highest BCUT2D eigenvalue weighted by molar-refractivity contribution is 4.87. The van der Waals surface area contributed by atoms with E-state index in [2.05, 4.69) is 18.7 Å². The normalized spacial score (nSPS) is 10.3. The van der Waals surface area contributed by atoms with Crippen molar-refractivity contribution in [2.75, 3.05) is 6.54 Å². The molecule has 0 aromatic rings. The standard InChI is InChI=1S/C8H15N/c1-2-3-4-5-6-7-8-9/h2,4-5H,1,3,6-9H2. The maximum atomic E-state index is 5.29. The van der Waals surface area contributed by atoms with Gasteiger partial charge in [-0.1, -0.05) is 18.2 Å². The first-order valence-electron chi connectivity index (χ1n) is 3.37. The van der Waals surface area contributed by atoms with Crippen LogP contribution in [0.3, 0.4) is 0 Å². The minimum atomic E-state index is 0.790. The Balaban J connectivity index is 2.94. The van der Waals surface area contributed by atoms with E-state index in [1.165, 1.54) is 0 Å². The van der Waals surface area contributed by atoms with Gasteiger partial charge in [-0.3, -0.25) is 0 Å². The van der Waals surface area contributed by atoms with E-state index in [0.29, 0.717) is 0 Å². The second kappa shape index (κ2) is 7.44. The van der Waals surface area contributed by atoms with Gasteiger partial charge in [0.2, 0.25) is 0 Å². The summed E-state index contributed by atoms with van der Waals surface area (Å²) < 4.78 is 0. The van der Waals surface area contributed by atoms with Gasteiger partial charge in [0.15, 0.2) is 0 Å². The van der Waals surface area contributed by atoms with Gasteiger partial charge in [-0.05, 0) is 25.8 Å². The Morgan fingerprint density at radius 2 is 2.11 bits per heavy atom. The average molecular weight is 125 g/mol. The van der Waals surface area contributed by atoms with Crippen LogP contribution in [0.25, 0.3) is 0 Å². The average Bonchev–Trinajstić information content (AvgIpc) is 1.89. The molecule has 0 radical (unpaired) electrons. The number of nitrogens with two attached hydrogens (primary N) is 1. The van der Waals surface area contributed by atoms with Crippen LogP contribution in [0.2, 0.25) is 0 Å². The van der Waals surface area contributed by atoms with Crippen LogP contribution in [0.15, 0.2) is 24.8 Å². The van der Waals surface area contributed by atoms with Gasteiger partial charge in [0.1, 0.15) is 0 Å². The molecule has 52 valence electrons. The highest BCUT2D eigenvalue weighted by atomic mass is 14.5. The predicted octanol–water partition coefficient (Wildman–Crippen LogP) is 1.86. The Hall–Kier alpha value is -0.560. The molecule has 0 atom stereocenters. The molecule has 0 spiro atoms. The van der Waals surface area contributed by atoms with Gasteiger partial charge in [0.25, 0.3) is 0 Å². The second-order valence-electron chi connectivity index (χ2n) is 1.93. The molecule has 2 N–H and O–H groups in total. The third-order valence-corrected chi connectivity index (χ3v) is 1.04. The highest BCUT2D eigenvalue weighted by Gasteiger charge is 1.75. The van der Waals surface area contributed by atoms with Crippen molar-refractivity contribution in [2.24, 2.45) is 5.73 Å². The largest absolute Gasteiger partial charge is 0.330 e. The fourth-order valence-electron chi connectivity index (χ4n) is 0.546. The quantitative estimate of drug-likeness (QED) is 0.440. The van der Waals surface area contributed by atoms with Gasteiger partial charge in [-0.25, -0.2) is 0 Å². The van der Waals surface area contributed by atoms with Crippen LogP contribution in [0.5, 0.6) is 0 Å². The van der Waals surface area contributed by atoms with E-state index in [4.69, 9.17) is 5.73 Å². The van der Waals surface area contributed by atoms with Crippen molar-refractivity contribution in [1.82, 2.24) is 0 Å². The molecule has 0 aliphatic carbocycles. The van der Waals surface area contributed by atoms with E-state index < -0.39 is 0 Å². The number of hydrogen-bond donors (Lipinski definition) is 1. The smallest absolute Gasteiger partial charge is 0.00743 e. The van der Waals surface area contributed by atoms with Gasteiger partial charge in [0.05, 0.1) is 0 Å². The number of allylic oxidation sites excluding steroid dienone is 3. The maximum Gasteiger partial charge on any atom is -0.00743 e. The summed E-state index contributed by atoms with van der Waals surface area (Å²) in [5, 5.41) is 0. The fourth-order valence-corrected chi connectivity index (χ4v) is 0.546. The van der Waals surface area contributed by atoms with Crippen molar-refractivity contribution < 1.29 is 0 Å². The molecule has 9 heavy (non-hydrogen) atoms. The van der Waals surface area contributed by atoms with Gasteiger partial charge >= 0.3 is 0 Å². The topological polar surface area (TPSA) is 26.0 Å². The van der Waals surface area contributed by atoms with Crippen molar-refractivity contribution in [3.8, 4) is 0 Å². The minimum Gasteiger partial charge on any atom is -0.330 e. The number of rotatable bonds is 5. The first-order valence-corrected chi connectivity index (χ1v) is 3.37. The molecule has 0 saturated carbocycles. The first-order chi connectivity index (χ1) is 4.41. The molecule has 0 bridgehead atoms. The summed E-state index contributed by atoms with van der Waals surface area (Å²) in [7, 11) is 0. The first kappa shape index (κ1) is 8.44.